The molecule has 4 atom stereocenters. The Morgan fingerprint density at radius 2 is 1.90 bits per heavy atom. The molecule has 3 aliphatic rings. The highest BCUT2D eigenvalue weighted by atomic mass is 32.2. The molecule has 0 aromatic carbocycles. The number of carbonyl (C=O) groups is 2. The predicted octanol–water partition coefficient (Wildman–Crippen LogP) is 2.27. The van der Waals surface area contributed by atoms with Gasteiger partial charge in [0.25, 0.3) is 0 Å². The smallest absolute Gasteiger partial charge is 0.246 e. The molecule has 1 aliphatic carbocycles. The lowest BCUT2D eigenvalue weighted by molar-refractivity contribution is -0.166. The number of nitrogens with zero attached hydrogens (tertiary/aromatic N) is 2. The molecule has 2 aliphatic heterocycles. The predicted molar refractivity (Wildman–Crippen MR) is 85.2 cm³/mol. The molecule has 2 amide bonds. The highest BCUT2D eigenvalue weighted by Gasteiger charge is 2.50. The van der Waals surface area contributed by atoms with E-state index in [0.717, 1.165) is 38.6 Å². The second-order valence-electron chi connectivity index (χ2n) is 6.49. The van der Waals surface area contributed by atoms with Crippen LogP contribution in [0.5, 0.6) is 0 Å². The second-order valence-corrected chi connectivity index (χ2v) is 7.56. The number of thioether (sulfide) groups is 1. The molecule has 5 heteroatoms. The van der Waals surface area contributed by atoms with E-state index in [1.54, 1.807) is 0 Å². The van der Waals surface area contributed by atoms with E-state index in [4.69, 9.17) is 0 Å². The van der Waals surface area contributed by atoms with Gasteiger partial charge in [-0.2, -0.15) is 11.8 Å². The Labute approximate surface area is 131 Å². The summed E-state index contributed by atoms with van der Waals surface area (Å²) in [5.74, 6) is 0.431. The number of piperazine rings is 1. The minimum absolute atomic E-state index is 0.169. The van der Waals surface area contributed by atoms with Gasteiger partial charge < -0.3 is 9.80 Å². The summed E-state index contributed by atoms with van der Waals surface area (Å²) in [6.45, 7) is 2.81. The van der Waals surface area contributed by atoms with Crippen LogP contribution in [-0.2, 0) is 9.59 Å². The topological polar surface area (TPSA) is 40.6 Å². The first-order valence-corrected chi connectivity index (χ1v) is 9.63. The van der Waals surface area contributed by atoms with Gasteiger partial charge in [-0.15, -0.1) is 0 Å². The van der Waals surface area contributed by atoms with Crippen LogP contribution < -0.4 is 0 Å². The molecule has 3 rings (SSSR count). The largest absolute Gasteiger partial charge is 0.329 e. The van der Waals surface area contributed by atoms with E-state index in [0.29, 0.717) is 5.25 Å². The van der Waals surface area contributed by atoms with Crippen molar-refractivity contribution >= 4 is 23.6 Å². The molecule has 3 fully saturated rings. The molecular weight excluding hydrogens is 284 g/mol. The van der Waals surface area contributed by atoms with Gasteiger partial charge in [0, 0.05) is 17.8 Å². The summed E-state index contributed by atoms with van der Waals surface area (Å²) in [5, 5.41) is 0.506. The van der Waals surface area contributed by atoms with Crippen molar-refractivity contribution < 1.29 is 9.59 Å². The maximum absolute atomic E-state index is 13.0. The van der Waals surface area contributed by atoms with E-state index in [1.165, 1.54) is 12.8 Å². The van der Waals surface area contributed by atoms with Crippen LogP contribution in [0.1, 0.15) is 51.9 Å². The maximum atomic E-state index is 13.0. The minimum atomic E-state index is -0.218. The van der Waals surface area contributed by atoms with Crippen molar-refractivity contribution in [3.05, 3.63) is 0 Å². The van der Waals surface area contributed by atoms with E-state index < -0.39 is 0 Å². The number of amides is 2. The van der Waals surface area contributed by atoms with Crippen molar-refractivity contribution in [2.45, 2.75) is 75.2 Å². The Kier molecular flexibility index (Phi) is 4.48. The van der Waals surface area contributed by atoms with Crippen LogP contribution in [0.15, 0.2) is 0 Å². The third kappa shape index (κ3) is 2.47. The van der Waals surface area contributed by atoms with E-state index in [2.05, 4.69) is 6.26 Å². The average Bonchev–Trinajstić information content (AvgIpc) is 2.98. The summed E-state index contributed by atoms with van der Waals surface area (Å²) < 4.78 is 0. The van der Waals surface area contributed by atoms with Crippen molar-refractivity contribution in [3.8, 4) is 0 Å². The average molecular weight is 310 g/mol. The number of carbonyl (C=O) groups excluding carboxylic acids is 2. The highest BCUT2D eigenvalue weighted by molar-refractivity contribution is 7.99. The van der Waals surface area contributed by atoms with Gasteiger partial charge >= 0.3 is 0 Å². The van der Waals surface area contributed by atoms with Gasteiger partial charge in [0.15, 0.2) is 0 Å². The lowest BCUT2D eigenvalue weighted by atomic mass is 9.92. The van der Waals surface area contributed by atoms with E-state index >= 15 is 0 Å². The molecule has 21 heavy (non-hydrogen) atoms. The normalized spacial score (nSPS) is 37.0. The van der Waals surface area contributed by atoms with Crippen molar-refractivity contribution in [1.82, 2.24) is 9.80 Å². The molecule has 4 unspecified atom stereocenters. The Hall–Kier alpha value is -0.710. The fraction of sp³-hybridized carbons (Fsp3) is 0.875. The van der Waals surface area contributed by atoms with Crippen LogP contribution in [0.25, 0.3) is 0 Å². The minimum Gasteiger partial charge on any atom is -0.329 e. The quantitative estimate of drug-likeness (QED) is 0.803. The van der Waals surface area contributed by atoms with Crippen LogP contribution in [-0.4, -0.2) is 57.8 Å². The summed E-state index contributed by atoms with van der Waals surface area (Å²) in [6.07, 6.45) is 9.26. The van der Waals surface area contributed by atoms with Crippen molar-refractivity contribution in [2.75, 3.05) is 12.8 Å². The van der Waals surface area contributed by atoms with E-state index in [-0.39, 0.29) is 29.9 Å². The summed E-state index contributed by atoms with van der Waals surface area (Å²) in [6, 6.07) is -0.118. The van der Waals surface area contributed by atoms with Gasteiger partial charge in [-0.3, -0.25) is 9.59 Å². The number of fused-ring (bicyclic) bond motifs is 1. The fourth-order valence-electron chi connectivity index (χ4n) is 4.35. The molecule has 0 aromatic heterocycles. The molecule has 1 saturated carbocycles. The molecule has 0 bridgehead atoms. The molecule has 0 aromatic rings. The van der Waals surface area contributed by atoms with Crippen LogP contribution >= 0.6 is 11.8 Å². The zero-order valence-electron chi connectivity index (χ0n) is 13.1. The van der Waals surface area contributed by atoms with Gasteiger partial charge in [-0.05, 0) is 44.8 Å². The van der Waals surface area contributed by atoms with Crippen molar-refractivity contribution in [3.63, 3.8) is 0 Å². The summed E-state index contributed by atoms with van der Waals surface area (Å²) in [4.78, 5) is 29.7. The third-order valence-electron chi connectivity index (χ3n) is 5.41. The monoisotopic (exact) mass is 310 g/mol. The number of piperidine rings is 1. The first-order valence-electron chi connectivity index (χ1n) is 8.34. The zero-order chi connectivity index (χ0) is 15.0. The third-order valence-corrected chi connectivity index (χ3v) is 6.57. The van der Waals surface area contributed by atoms with E-state index in [9.17, 15) is 9.59 Å². The Morgan fingerprint density at radius 1 is 1.10 bits per heavy atom. The first-order chi connectivity index (χ1) is 10.2. The van der Waals surface area contributed by atoms with Gasteiger partial charge in [-0.1, -0.05) is 13.3 Å². The molecule has 0 N–H and O–H groups in total. The Balaban J connectivity index is 1.90. The van der Waals surface area contributed by atoms with Crippen LogP contribution in [0.3, 0.4) is 0 Å². The lowest BCUT2D eigenvalue weighted by Crippen LogP contribution is -2.68. The number of hydrogen-bond donors (Lipinski definition) is 0. The molecule has 2 heterocycles. The van der Waals surface area contributed by atoms with Crippen LogP contribution in [0, 0.1) is 0 Å². The Morgan fingerprint density at radius 3 is 2.62 bits per heavy atom. The SMILES string of the molecule is CCC1C(=O)N2CCCCC2C(=O)N1C1CCCC1SC. The van der Waals surface area contributed by atoms with Gasteiger partial charge in [-0.25, -0.2) is 0 Å². The summed E-state index contributed by atoms with van der Waals surface area (Å²) in [7, 11) is 0. The van der Waals surface area contributed by atoms with Crippen molar-refractivity contribution in [2.24, 2.45) is 0 Å². The number of hydrogen-bond acceptors (Lipinski definition) is 3. The molecule has 0 spiro atoms. The lowest BCUT2D eigenvalue weighted by Gasteiger charge is -2.49. The van der Waals surface area contributed by atoms with E-state index in [1.807, 2.05) is 28.5 Å². The highest BCUT2D eigenvalue weighted by Crippen LogP contribution is 2.37. The van der Waals surface area contributed by atoms with Crippen molar-refractivity contribution in [1.29, 1.82) is 0 Å². The Bertz CT molecular complexity index is 429. The first kappa shape index (κ1) is 15.2. The number of rotatable bonds is 3. The maximum Gasteiger partial charge on any atom is 0.246 e. The molecular formula is C16H26N2O2S. The second kappa shape index (κ2) is 6.19. The fourth-order valence-corrected chi connectivity index (χ4v) is 5.34. The summed E-state index contributed by atoms with van der Waals surface area (Å²) in [5.41, 5.74) is 0. The van der Waals surface area contributed by atoms with Gasteiger partial charge in [0.1, 0.15) is 12.1 Å². The zero-order valence-corrected chi connectivity index (χ0v) is 13.9. The van der Waals surface area contributed by atoms with Crippen LogP contribution in [0.4, 0.5) is 0 Å². The molecule has 0 radical (unpaired) electrons. The van der Waals surface area contributed by atoms with Gasteiger partial charge in [0.05, 0.1) is 0 Å². The van der Waals surface area contributed by atoms with Gasteiger partial charge in [0.2, 0.25) is 11.8 Å². The molecule has 4 nitrogen and oxygen atoms in total. The molecule has 118 valence electrons. The molecule has 2 saturated heterocycles. The summed E-state index contributed by atoms with van der Waals surface area (Å²) >= 11 is 1.86. The van der Waals surface area contributed by atoms with Crippen LogP contribution in [0.2, 0.25) is 0 Å². The standard InChI is InChI=1S/C16H26N2O2S/c1-3-11-15(19)17-10-5-4-7-13(17)16(20)18(11)12-8-6-9-14(12)21-2/h11-14H,3-10H2,1-2H3.